The van der Waals surface area contributed by atoms with E-state index in [9.17, 15) is 0 Å². The van der Waals surface area contributed by atoms with Crippen molar-refractivity contribution in [2.75, 3.05) is 33.9 Å². The standard InChI is InChI=1S/C15H25N3O.HI/c1-15(2,13-8-6-5-7-9-13)12-18-14(16-3)17-10-11-19-4;/h5-9H,10-12H2,1-4H3,(H2,16,17,18);1H. The summed E-state index contributed by atoms with van der Waals surface area (Å²) >= 11 is 0. The summed E-state index contributed by atoms with van der Waals surface area (Å²) in [6.45, 7) is 6.68. The van der Waals surface area contributed by atoms with Crippen molar-refractivity contribution in [1.82, 2.24) is 10.6 Å². The first-order valence-electron chi connectivity index (χ1n) is 6.59. The van der Waals surface area contributed by atoms with Gasteiger partial charge in [-0.3, -0.25) is 4.99 Å². The third kappa shape index (κ3) is 6.56. The number of halogens is 1. The van der Waals surface area contributed by atoms with Crippen LogP contribution in [0.3, 0.4) is 0 Å². The lowest BCUT2D eigenvalue weighted by molar-refractivity contribution is 0.203. The minimum absolute atomic E-state index is 0. The molecule has 0 saturated heterocycles. The number of nitrogens with one attached hydrogen (secondary N) is 2. The Labute approximate surface area is 139 Å². The summed E-state index contributed by atoms with van der Waals surface area (Å²) in [7, 11) is 3.47. The molecule has 0 bridgehead atoms. The highest BCUT2D eigenvalue weighted by Gasteiger charge is 2.20. The lowest BCUT2D eigenvalue weighted by Crippen LogP contribution is -2.44. The molecule has 4 nitrogen and oxygen atoms in total. The van der Waals surface area contributed by atoms with Gasteiger partial charge in [-0.05, 0) is 5.56 Å². The molecule has 2 N–H and O–H groups in total. The van der Waals surface area contributed by atoms with E-state index in [2.05, 4.69) is 53.7 Å². The largest absolute Gasteiger partial charge is 0.383 e. The van der Waals surface area contributed by atoms with E-state index in [1.165, 1.54) is 5.56 Å². The monoisotopic (exact) mass is 391 g/mol. The van der Waals surface area contributed by atoms with Crippen LogP contribution in [-0.4, -0.2) is 39.8 Å². The molecule has 0 saturated carbocycles. The second-order valence-corrected chi connectivity index (χ2v) is 5.10. The normalized spacial score (nSPS) is 11.7. The topological polar surface area (TPSA) is 45.7 Å². The van der Waals surface area contributed by atoms with E-state index < -0.39 is 0 Å². The molecule has 0 radical (unpaired) electrons. The average molecular weight is 391 g/mol. The Morgan fingerprint density at radius 3 is 2.40 bits per heavy atom. The quantitative estimate of drug-likeness (QED) is 0.339. The molecule has 5 heteroatoms. The van der Waals surface area contributed by atoms with E-state index >= 15 is 0 Å². The molecule has 0 spiro atoms. The first-order valence-corrected chi connectivity index (χ1v) is 6.59. The number of benzene rings is 1. The minimum Gasteiger partial charge on any atom is -0.383 e. The average Bonchev–Trinajstić information content (AvgIpc) is 2.43. The molecular weight excluding hydrogens is 365 g/mol. The molecule has 0 aliphatic carbocycles. The zero-order valence-corrected chi connectivity index (χ0v) is 15.1. The second-order valence-electron chi connectivity index (χ2n) is 5.10. The summed E-state index contributed by atoms with van der Waals surface area (Å²) in [5.74, 6) is 0.807. The number of hydrogen-bond donors (Lipinski definition) is 2. The first kappa shape index (κ1) is 19.2. The van der Waals surface area contributed by atoms with E-state index in [-0.39, 0.29) is 29.4 Å². The van der Waals surface area contributed by atoms with E-state index in [1.54, 1.807) is 14.2 Å². The summed E-state index contributed by atoms with van der Waals surface area (Å²) in [4.78, 5) is 4.20. The van der Waals surface area contributed by atoms with Crippen LogP contribution in [0.15, 0.2) is 35.3 Å². The highest BCUT2D eigenvalue weighted by atomic mass is 127. The van der Waals surface area contributed by atoms with E-state index in [1.807, 2.05) is 6.07 Å². The minimum atomic E-state index is 0. The third-order valence-electron chi connectivity index (χ3n) is 3.08. The van der Waals surface area contributed by atoms with Gasteiger partial charge in [0.15, 0.2) is 5.96 Å². The van der Waals surface area contributed by atoms with Crippen molar-refractivity contribution in [3.8, 4) is 0 Å². The molecule has 0 unspecified atom stereocenters. The van der Waals surface area contributed by atoms with Crippen LogP contribution in [0.1, 0.15) is 19.4 Å². The van der Waals surface area contributed by atoms with Gasteiger partial charge >= 0.3 is 0 Å². The van der Waals surface area contributed by atoms with Gasteiger partial charge in [-0.15, -0.1) is 24.0 Å². The zero-order valence-electron chi connectivity index (χ0n) is 12.8. The van der Waals surface area contributed by atoms with Crippen LogP contribution >= 0.6 is 24.0 Å². The summed E-state index contributed by atoms with van der Waals surface area (Å²) in [6, 6.07) is 10.5. The molecule has 1 aromatic rings. The molecule has 1 rings (SSSR count). The van der Waals surface area contributed by atoms with Crippen molar-refractivity contribution in [2.45, 2.75) is 19.3 Å². The number of ether oxygens (including phenoxy) is 1. The molecule has 20 heavy (non-hydrogen) atoms. The Morgan fingerprint density at radius 1 is 1.20 bits per heavy atom. The summed E-state index contributed by atoms with van der Waals surface area (Å²) in [5, 5.41) is 6.56. The number of aliphatic imine (C=N–C) groups is 1. The Balaban J connectivity index is 0.00000361. The van der Waals surface area contributed by atoms with Gasteiger partial charge in [0.2, 0.25) is 0 Å². The van der Waals surface area contributed by atoms with Crippen LogP contribution < -0.4 is 10.6 Å². The van der Waals surface area contributed by atoms with Gasteiger partial charge in [-0.25, -0.2) is 0 Å². The summed E-state index contributed by atoms with van der Waals surface area (Å²) < 4.78 is 5.01. The number of nitrogens with zero attached hydrogens (tertiary/aromatic N) is 1. The predicted octanol–water partition coefficient (Wildman–Crippen LogP) is 2.39. The van der Waals surface area contributed by atoms with Gasteiger partial charge in [0.25, 0.3) is 0 Å². The molecule has 0 heterocycles. The number of hydrogen-bond acceptors (Lipinski definition) is 2. The maximum Gasteiger partial charge on any atom is 0.191 e. The molecule has 0 amide bonds. The number of methoxy groups -OCH3 is 1. The lowest BCUT2D eigenvalue weighted by Gasteiger charge is -2.26. The Bertz CT molecular complexity index is 393. The van der Waals surface area contributed by atoms with Crippen LogP contribution in [0, 0.1) is 0 Å². The first-order chi connectivity index (χ1) is 9.10. The van der Waals surface area contributed by atoms with E-state index in [0.29, 0.717) is 6.61 Å². The second kappa shape index (κ2) is 9.99. The van der Waals surface area contributed by atoms with Crippen LogP contribution in [0.4, 0.5) is 0 Å². The molecule has 0 atom stereocenters. The lowest BCUT2D eigenvalue weighted by atomic mass is 9.85. The van der Waals surface area contributed by atoms with Gasteiger partial charge in [-0.2, -0.15) is 0 Å². The highest BCUT2D eigenvalue weighted by molar-refractivity contribution is 14.0. The van der Waals surface area contributed by atoms with Gasteiger partial charge in [0.1, 0.15) is 0 Å². The van der Waals surface area contributed by atoms with Gasteiger partial charge in [0, 0.05) is 32.7 Å². The molecular formula is C15H26IN3O. The van der Waals surface area contributed by atoms with Crippen LogP contribution in [-0.2, 0) is 10.2 Å². The van der Waals surface area contributed by atoms with Crippen molar-refractivity contribution < 1.29 is 4.74 Å². The molecule has 1 aromatic carbocycles. The molecule has 114 valence electrons. The fourth-order valence-electron chi connectivity index (χ4n) is 1.79. The number of guanidine groups is 1. The maximum atomic E-state index is 5.01. The van der Waals surface area contributed by atoms with Crippen molar-refractivity contribution in [3.05, 3.63) is 35.9 Å². The SMILES string of the molecule is CN=C(NCCOC)NCC(C)(C)c1ccccc1.I. The van der Waals surface area contributed by atoms with Crippen molar-refractivity contribution in [1.29, 1.82) is 0 Å². The fraction of sp³-hybridized carbons (Fsp3) is 0.533. The smallest absolute Gasteiger partial charge is 0.191 e. The van der Waals surface area contributed by atoms with Crippen molar-refractivity contribution >= 4 is 29.9 Å². The number of rotatable bonds is 6. The van der Waals surface area contributed by atoms with Crippen molar-refractivity contribution in [3.63, 3.8) is 0 Å². The fourth-order valence-corrected chi connectivity index (χ4v) is 1.79. The van der Waals surface area contributed by atoms with Gasteiger partial charge in [0.05, 0.1) is 6.61 Å². The molecule has 0 fully saturated rings. The Hall–Kier alpha value is -0.820. The molecule has 0 aliphatic heterocycles. The van der Waals surface area contributed by atoms with Gasteiger partial charge < -0.3 is 15.4 Å². The van der Waals surface area contributed by atoms with E-state index in [0.717, 1.165) is 19.0 Å². The predicted molar refractivity (Wildman–Crippen MR) is 96.1 cm³/mol. The third-order valence-corrected chi connectivity index (χ3v) is 3.08. The summed E-state index contributed by atoms with van der Waals surface area (Å²) in [6.07, 6.45) is 0. The van der Waals surface area contributed by atoms with Crippen molar-refractivity contribution in [2.24, 2.45) is 4.99 Å². The highest BCUT2D eigenvalue weighted by Crippen LogP contribution is 2.21. The van der Waals surface area contributed by atoms with Crippen LogP contribution in [0.25, 0.3) is 0 Å². The van der Waals surface area contributed by atoms with Crippen LogP contribution in [0.5, 0.6) is 0 Å². The summed E-state index contributed by atoms with van der Waals surface area (Å²) in [5.41, 5.74) is 1.37. The maximum absolute atomic E-state index is 5.01. The van der Waals surface area contributed by atoms with Crippen LogP contribution in [0.2, 0.25) is 0 Å². The zero-order chi connectivity index (χ0) is 14.1. The Kier molecular flexibility index (Phi) is 9.58. The molecule has 0 aromatic heterocycles. The Morgan fingerprint density at radius 2 is 1.85 bits per heavy atom. The van der Waals surface area contributed by atoms with Gasteiger partial charge in [-0.1, -0.05) is 44.2 Å². The molecule has 0 aliphatic rings. The van der Waals surface area contributed by atoms with E-state index in [4.69, 9.17) is 4.74 Å².